The fourth-order valence-corrected chi connectivity index (χ4v) is 4.79. The second-order valence-electron chi connectivity index (χ2n) is 9.81. The first-order valence-electron chi connectivity index (χ1n) is 12.5. The van der Waals surface area contributed by atoms with Crippen molar-refractivity contribution in [2.24, 2.45) is 17.7 Å². The molecule has 1 saturated heterocycles. The standard InChI is InChI=1S/C23H33F2N5O9/c1-11(30(26)16(31)8-7-12-5-3-2-4-6-12)17(20(34)35)39-22(37)29-15-9-14(27-21(36)28-15)18-23(24,25)13(10-38-18)19(32)33/h9,11-13,17-19,32-33H,2-8,10,26H2,1H3,(H,34,35)(H2,27,28,29,36,37)/t11-,13+,17-,18?/m0/s1. The third kappa shape index (κ3) is 7.46. The Labute approximate surface area is 221 Å². The summed E-state index contributed by atoms with van der Waals surface area (Å²) in [6.45, 7) is 0.553. The van der Waals surface area contributed by atoms with E-state index in [0.29, 0.717) is 17.3 Å². The van der Waals surface area contributed by atoms with Crippen molar-refractivity contribution >= 4 is 23.8 Å². The van der Waals surface area contributed by atoms with Crippen LogP contribution in [-0.2, 0) is 19.1 Å². The fourth-order valence-electron chi connectivity index (χ4n) is 4.79. The van der Waals surface area contributed by atoms with E-state index in [2.05, 4.69) is 4.98 Å². The van der Waals surface area contributed by atoms with Gasteiger partial charge in [0.2, 0.25) is 12.0 Å². The van der Waals surface area contributed by atoms with Crippen molar-refractivity contribution in [2.75, 3.05) is 11.9 Å². The van der Waals surface area contributed by atoms with Crippen LogP contribution in [-0.4, -0.2) is 79.2 Å². The molecule has 218 valence electrons. The average Bonchev–Trinajstić information content (AvgIpc) is 3.19. The number of aliphatic carboxylic acids is 1. The SMILES string of the molecule is C[C@@H]([C@H](OC(=O)Nc1cc(C2OC[C@H](C(O)O)C2(F)F)[nH]c(=O)n1)C(=O)O)N(N)C(=O)CCC1CCCCC1. The molecule has 2 fully saturated rings. The highest BCUT2D eigenvalue weighted by Crippen LogP contribution is 2.46. The maximum atomic E-state index is 14.6. The quantitative estimate of drug-likeness (QED) is 0.102. The molecule has 1 aromatic heterocycles. The summed E-state index contributed by atoms with van der Waals surface area (Å²) in [5.74, 6) is -2.24. The van der Waals surface area contributed by atoms with Gasteiger partial charge in [-0.25, -0.2) is 29.0 Å². The summed E-state index contributed by atoms with van der Waals surface area (Å²) in [4.78, 5) is 54.2. The lowest BCUT2D eigenvalue weighted by molar-refractivity contribution is -0.166. The highest BCUT2D eigenvalue weighted by Gasteiger charge is 2.57. The Kier molecular flexibility index (Phi) is 9.93. The lowest BCUT2D eigenvalue weighted by Gasteiger charge is -2.29. The van der Waals surface area contributed by atoms with E-state index < -0.39 is 78.2 Å². The zero-order chi connectivity index (χ0) is 28.9. The van der Waals surface area contributed by atoms with Crippen LogP contribution in [0, 0.1) is 11.8 Å². The maximum absolute atomic E-state index is 14.6. The van der Waals surface area contributed by atoms with Gasteiger partial charge in [-0.3, -0.25) is 15.1 Å². The third-order valence-electron chi connectivity index (χ3n) is 7.06. The summed E-state index contributed by atoms with van der Waals surface area (Å²) < 4.78 is 39.0. The molecule has 16 heteroatoms. The first-order chi connectivity index (χ1) is 18.3. The van der Waals surface area contributed by atoms with Gasteiger partial charge in [-0.15, -0.1) is 0 Å². The molecular formula is C23H33F2N5O9. The van der Waals surface area contributed by atoms with Crippen molar-refractivity contribution in [1.29, 1.82) is 0 Å². The minimum absolute atomic E-state index is 0.103. The topological polar surface area (TPSA) is 217 Å². The van der Waals surface area contributed by atoms with Gasteiger partial charge in [-0.2, -0.15) is 4.98 Å². The molecule has 0 aromatic carbocycles. The number of H-pyrrole nitrogens is 1. The average molecular weight is 562 g/mol. The van der Waals surface area contributed by atoms with E-state index in [9.17, 15) is 43.3 Å². The van der Waals surface area contributed by atoms with Crippen molar-refractivity contribution < 1.29 is 48.0 Å². The maximum Gasteiger partial charge on any atom is 0.413 e. The molecule has 2 aliphatic rings. The van der Waals surface area contributed by atoms with E-state index >= 15 is 0 Å². The fraction of sp³-hybridized carbons (Fsp3) is 0.696. The summed E-state index contributed by atoms with van der Waals surface area (Å²) in [6.07, 6.45) is -1.71. The Morgan fingerprint density at radius 2 is 1.97 bits per heavy atom. The first-order valence-corrected chi connectivity index (χ1v) is 12.5. The molecule has 0 spiro atoms. The highest BCUT2D eigenvalue weighted by atomic mass is 19.3. The van der Waals surface area contributed by atoms with Gasteiger partial charge in [0.25, 0.3) is 5.92 Å². The largest absolute Gasteiger partial charge is 0.478 e. The van der Waals surface area contributed by atoms with Crippen LogP contribution in [0.15, 0.2) is 10.9 Å². The Bertz CT molecular complexity index is 1100. The molecular weight excluding hydrogens is 528 g/mol. The van der Waals surface area contributed by atoms with Crippen LogP contribution in [0.5, 0.6) is 0 Å². The van der Waals surface area contributed by atoms with Crippen LogP contribution in [0.25, 0.3) is 0 Å². The number of hydrogen-bond donors (Lipinski definition) is 6. The molecule has 2 heterocycles. The minimum Gasteiger partial charge on any atom is -0.478 e. The monoisotopic (exact) mass is 561 g/mol. The van der Waals surface area contributed by atoms with Gasteiger partial charge >= 0.3 is 17.8 Å². The number of carboxylic acids is 1. The molecule has 14 nitrogen and oxygen atoms in total. The van der Waals surface area contributed by atoms with E-state index in [0.717, 1.165) is 38.2 Å². The van der Waals surface area contributed by atoms with Gasteiger partial charge in [0, 0.05) is 12.5 Å². The predicted molar refractivity (Wildman–Crippen MR) is 128 cm³/mol. The first kappa shape index (κ1) is 30.3. The van der Waals surface area contributed by atoms with Crippen molar-refractivity contribution in [3.05, 3.63) is 22.2 Å². The summed E-state index contributed by atoms with van der Waals surface area (Å²) in [6, 6.07) is -0.446. The van der Waals surface area contributed by atoms with Gasteiger partial charge in [-0.1, -0.05) is 32.1 Å². The molecule has 1 aromatic rings. The van der Waals surface area contributed by atoms with E-state index in [-0.39, 0.29) is 6.42 Å². The van der Waals surface area contributed by atoms with Crippen LogP contribution >= 0.6 is 0 Å². The van der Waals surface area contributed by atoms with Crippen LogP contribution in [0.2, 0.25) is 0 Å². The number of nitrogens with zero attached hydrogens (tertiary/aromatic N) is 2. The smallest absolute Gasteiger partial charge is 0.413 e. The summed E-state index contributed by atoms with van der Waals surface area (Å²) in [5.41, 5.74) is -1.69. The number of rotatable bonds is 10. The third-order valence-corrected chi connectivity index (χ3v) is 7.06. The predicted octanol–water partition coefficient (Wildman–Crippen LogP) is 0.856. The highest BCUT2D eigenvalue weighted by molar-refractivity contribution is 5.86. The van der Waals surface area contributed by atoms with Crippen LogP contribution in [0.4, 0.5) is 19.4 Å². The van der Waals surface area contributed by atoms with Crippen molar-refractivity contribution in [1.82, 2.24) is 15.0 Å². The van der Waals surface area contributed by atoms with Crippen LogP contribution in [0.3, 0.4) is 0 Å². The second-order valence-corrected chi connectivity index (χ2v) is 9.81. The molecule has 1 unspecified atom stereocenters. The molecule has 0 bridgehead atoms. The second kappa shape index (κ2) is 12.8. The van der Waals surface area contributed by atoms with Crippen molar-refractivity contribution in [3.63, 3.8) is 0 Å². The number of hydrazine groups is 1. The molecule has 1 aliphatic heterocycles. The number of anilines is 1. The van der Waals surface area contributed by atoms with Gasteiger partial charge in [-0.05, 0) is 19.3 Å². The minimum atomic E-state index is -3.80. The molecule has 0 radical (unpaired) electrons. The molecule has 7 N–H and O–H groups in total. The lowest BCUT2D eigenvalue weighted by Crippen LogP contribution is -2.53. The summed E-state index contributed by atoms with van der Waals surface area (Å²) in [5, 5.41) is 30.6. The van der Waals surface area contributed by atoms with Gasteiger partial charge in [0.1, 0.15) is 5.82 Å². The number of aliphatic hydroxyl groups is 2. The number of carbonyl (C=O) groups excluding carboxylic acids is 2. The number of amides is 2. The number of alkyl halides is 2. The van der Waals surface area contributed by atoms with Crippen LogP contribution < -0.4 is 16.8 Å². The molecule has 4 atom stereocenters. The molecule has 1 saturated carbocycles. The number of aromatic nitrogens is 2. The number of carbonyl (C=O) groups is 3. The lowest BCUT2D eigenvalue weighted by atomic mass is 9.86. The Balaban J connectivity index is 1.64. The van der Waals surface area contributed by atoms with Crippen LogP contribution in [0.1, 0.15) is 63.7 Å². The number of halogens is 2. The number of ether oxygens (including phenoxy) is 2. The van der Waals surface area contributed by atoms with E-state index in [4.69, 9.17) is 15.3 Å². The normalized spacial score (nSPS) is 22.7. The number of nitrogens with two attached hydrogens (primary N) is 1. The van der Waals surface area contributed by atoms with Gasteiger partial charge in [0.15, 0.2) is 12.4 Å². The zero-order valence-electron chi connectivity index (χ0n) is 21.2. The Morgan fingerprint density at radius 3 is 2.56 bits per heavy atom. The number of aliphatic hydroxyl groups excluding tert-OH is 1. The number of aromatic amines is 1. The van der Waals surface area contributed by atoms with Gasteiger partial charge in [0.05, 0.1) is 24.3 Å². The zero-order valence-corrected chi connectivity index (χ0v) is 21.2. The number of carboxylic acid groups (broad SMARTS) is 1. The van der Waals surface area contributed by atoms with Crippen molar-refractivity contribution in [2.45, 2.75) is 82.3 Å². The molecule has 39 heavy (non-hydrogen) atoms. The Hall–Kier alpha value is -3.21. The van der Waals surface area contributed by atoms with E-state index in [1.165, 1.54) is 6.92 Å². The molecule has 2 amide bonds. The van der Waals surface area contributed by atoms with E-state index in [1.54, 1.807) is 0 Å². The summed E-state index contributed by atoms with van der Waals surface area (Å²) >= 11 is 0. The molecule has 1 aliphatic carbocycles. The van der Waals surface area contributed by atoms with Gasteiger partial charge < -0.3 is 29.8 Å². The molecule has 3 rings (SSSR count). The van der Waals surface area contributed by atoms with E-state index in [1.807, 2.05) is 10.3 Å². The Morgan fingerprint density at radius 1 is 1.31 bits per heavy atom. The van der Waals surface area contributed by atoms with Crippen molar-refractivity contribution in [3.8, 4) is 0 Å². The number of hydrogen-bond acceptors (Lipinski definition) is 10. The number of nitrogens with one attached hydrogen (secondary N) is 2. The summed E-state index contributed by atoms with van der Waals surface area (Å²) in [7, 11) is 0.